The minimum absolute atomic E-state index is 0.418. The predicted molar refractivity (Wildman–Crippen MR) is 112 cm³/mol. The minimum Gasteiger partial charge on any atom is -0.477 e. The Bertz CT molecular complexity index is 1170. The molecule has 8 heteroatoms. The van der Waals surface area contributed by atoms with Crippen molar-refractivity contribution >= 4 is 22.6 Å². The summed E-state index contributed by atoms with van der Waals surface area (Å²) in [5, 5.41) is 9.49. The molecule has 8 nitrogen and oxygen atoms in total. The summed E-state index contributed by atoms with van der Waals surface area (Å²) >= 11 is 0. The molecule has 2 aromatic heterocycles. The van der Waals surface area contributed by atoms with Crippen molar-refractivity contribution in [2.75, 3.05) is 5.73 Å². The molecule has 3 aromatic rings. The minimum atomic E-state index is -1.34. The van der Waals surface area contributed by atoms with E-state index in [1.165, 1.54) is 47.0 Å². The van der Waals surface area contributed by atoms with Gasteiger partial charge in [-0.15, -0.1) is 0 Å². The van der Waals surface area contributed by atoms with Crippen LogP contribution in [0.2, 0.25) is 0 Å². The SMILES string of the molecule is Cc1ccc(C)c2c(N)c3c(nc12)CCCCC3.O=C(O)c1cc(=O)[nH]c(=O)[nH]1. The number of fused-ring (bicyclic) bond motifs is 2. The second-order valence-electron chi connectivity index (χ2n) is 7.24. The largest absolute Gasteiger partial charge is 0.477 e. The Morgan fingerprint density at radius 3 is 2.45 bits per heavy atom. The number of benzene rings is 1. The normalized spacial score (nSPS) is 13.2. The van der Waals surface area contributed by atoms with E-state index < -0.39 is 22.9 Å². The van der Waals surface area contributed by atoms with Crippen LogP contribution < -0.4 is 17.0 Å². The first-order valence-corrected chi connectivity index (χ1v) is 9.52. The molecule has 29 heavy (non-hydrogen) atoms. The number of nitrogens with two attached hydrogens (primary N) is 1. The van der Waals surface area contributed by atoms with Gasteiger partial charge in [-0.2, -0.15) is 0 Å². The Kier molecular flexibility index (Phi) is 5.81. The van der Waals surface area contributed by atoms with E-state index in [4.69, 9.17) is 15.8 Å². The topological polar surface area (TPSA) is 142 Å². The zero-order chi connectivity index (χ0) is 21.1. The predicted octanol–water partition coefficient (Wildman–Crippen LogP) is 2.46. The first-order valence-electron chi connectivity index (χ1n) is 9.52. The number of carboxylic acids is 1. The van der Waals surface area contributed by atoms with Crippen molar-refractivity contribution in [2.45, 2.75) is 46.0 Å². The molecule has 0 atom stereocenters. The van der Waals surface area contributed by atoms with Gasteiger partial charge in [-0.1, -0.05) is 18.6 Å². The second kappa shape index (κ2) is 8.30. The fraction of sp³-hybridized carbons (Fsp3) is 0.333. The fourth-order valence-corrected chi connectivity index (χ4v) is 3.63. The highest BCUT2D eigenvalue weighted by atomic mass is 16.4. The number of H-pyrrole nitrogens is 2. The Hall–Kier alpha value is -3.42. The first-order chi connectivity index (χ1) is 13.8. The number of rotatable bonds is 1. The molecule has 0 spiro atoms. The fourth-order valence-electron chi connectivity index (χ4n) is 3.63. The van der Waals surface area contributed by atoms with E-state index in [0.717, 1.165) is 30.1 Å². The van der Waals surface area contributed by atoms with Crippen LogP contribution in [0.5, 0.6) is 0 Å². The molecule has 0 unspecified atom stereocenters. The van der Waals surface area contributed by atoms with E-state index in [1.54, 1.807) is 0 Å². The van der Waals surface area contributed by atoms with Crippen molar-refractivity contribution in [3.8, 4) is 0 Å². The van der Waals surface area contributed by atoms with E-state index >= 15 is 0 Å². The summed E-state index contributed by atoms with van der Waals surface area (Å²) in [4.78, 5) is 39.8. The van der Waals surface area contributed by atoms with E-state index in [-0.39, 0.29) is 0 Å². The second-order valence-corrected chi connectivity index (χ2v) is 7.24. The van der Waals surface area contributed by atoms with Crippen LogP contribution in [0.1, 0.15) is 52.1 Å². The number of anilines is 1. The number of aryl methyl sites for hydroxylation is 3. The summed E-state index contributed by atoms with van der Waals surface area (Å²) < 4.78 is 0. The Morgan fingerprint density at radius 2 is 1.76 bits per heavy atom. The van der Waals surface area contributed by atoms with Crippen molar-refractivity contribution < 1.29 is 9.90 Å². The zero-order valence-electron chi connectivity index (χ0n) is 16.5. The standard InChI is InChI=1S/C16H20N2.C5H4N2O4/c1-10-8-9-11(2)16-14(10)15(17)12-6-4-3-5-7-13(12)18-16;8-3-1-2(4(9)10)6-5(11)7-3/h8-9H,3-7H2,1-2H3,(H2,17,18);1H,(H,9,10)(H2,6,7,8,11). The average molecular weight is 396 g/mol. The number of nitrogen functional groups attached to an aromatic ring is 1. The molecule has 1 aliphatic rings. The van der Waals surface area contributed by atoms with Crippen LogP contribution in [0.4, 0.5) is 5.69 Å². The number of hydrogen-bond acceptors (Lipinski definition) is 5. The number of aromatic carboxylic acids is 1. The molecule has 152 valence electrons. The first kappa shape index (κ1) is 20.3. The van der Waals surface area contributed by atoms with Crippen molar-refractivity contribution in [3.63, 3.8) is 0 Å². The Labute approximate surface area is 166 Å². The monoisotopic (exact) mass is 396 g/mol. The summed E-state index contributed by atoms with van der Waals surface area (Å²) in [6, 6.07) is 5.09. The Morgan fingerprint density at radius 1 is 1.07 bits per heavy atom. The van der Waals surface area contributed by atoms with Crippen molar-refractivity contribution in [1.82, 2.24) is 15.0 Å². The number of pyridine rings is 1. The van der Waals surface area contributed by atoms with Gasteiger partial charge in [-0.05, 0) is 56.2 Å². The van der Waals surface area contributed by atoms with Crippen LogP contribution in [-0.4, -0.2) is 26.0 Å². The molecule has 0 aliphatic heterocycles. The number of aromatic nitrogens is 3. The van der Waals surface area contributed by atoms with E-state index in [9.17, 15) is 14.4 Å². The zero-order valence-corrected chi connectivity index (χ0v) is 16.5. The van der Waals surface area contributed by atoms with Crippen molar-refractivity contribution in [1.29, 1.82) is 0 Å². The lowest BCUT2D eigenvalue weighted by molar-refractivity contribution is 0.0689. The number of aromatic amines is 2. The van der Waals surface area contributed by atoms with E-state index in [2.05, 4.69) is 26.0 Å². The summed E-state index contributed by atoms with van der Waals surface area (Å²) in [6.07, 6.45) is 5.97. The number of nitrogens with one attached hydrogen (secondary N) is 2. The molecule has 0 bridgehead atoms. The van der Waals surface area contributed by atoms with Gasteiger partial charge in [0.25, 0.3) is 5.56 Å². The lowest BCUT2D eigenvalue weighted by Gasteiger charge is -2.15. The summed E-state index contributed by atoms with van der Waals surface area (Å²) in [5.74, 6) is -1.34. The highest BCUT2D eigenvalue weighted by molar-refractivity contribution is 5.96. The smallest absolute Gasteiger partial charge is 0.352 e. The third-order valence-electron chi connectivity index (χ3n) is 5.11. The van der Waals surface area contributed by atoms with Gasteiger partial charge in [0.2, 0.25) is 0 Å². The van der Waals surface area contributed by atoms with Gasteiger partial charge in [0.1, 0.15) is 5.69 Å². The van der Waals surface area contributed by atoms with Crippen LogP contribution in [0, 0.1) is 13.8 Å². The summed E-state index contributed by atoms with van der Waals surface area (Å²) in [7, 11) is 0. The van der Waals surface area contributed by atoms with Crippen LogP contribution in [-0.2, 0) is 12.8 Å². The molecule has 2 heterocycles. The molecular weight excluding hydrogens is 372 g/mol. The Balaban J connectivity index is 0.000000188. The van der Waals surface area contributed by atoms with Crippen LogP contribution in [0.15, 0.2) is 27.8 Å². The van der Waals surface area contributed by atoms with Gasteiger partial charge in [0.05, 0.1) is 5.52 Å². The average Bonchev–Trinajstić information content (AvgIpc) is 2.90. The van der Waals surface area contributed by atoms with Crippen molar-refractivity contribution in [3.05, 3.63) is 67.1 Å². The summed E-state index contributed by atoms with van der Waals surface area (Å²) in [5.41, 5.74) is 11.6. The van der Waals surface area contributed by atoms with Gasteiger partial charge >= 0.3 is 11.7 Å². The summed E-state index contributed by atoms with van der Waals surface area (Å²) in [6.45, 7) is 4.25. The van der Waals surface area contributed by atoms with Gasteiger partial charge in [-0.3, -0.25) is 14.8 Å². The van der Waals surface area contributed by atoms with Gasteiger partial charge < -0.3 is 15.8 Å². The van der Waals surface area contributed by atoms with Crippen LogP contribution in [0.25, 0.3) is 10.9 Å². The number of hydrogen-bond donors (Lipinski definition) is 4. The highest BCUT2D eigenvalue weighted by Gasteiger charge is 2.17. The molecule has 0 saturated carbocycles. The lowest BCUT2D eigenvalue weighted by atomic mass is 9.97. The van der Waals surface area contributed by atoms with Crippen LogP contribution >= 0.6 is 0 Å². The molecule has 0 saturated heterocycles. The third-order valence-corrected chi connectivity index (χ3v) is 5.11. The molecule has 4 rings (SSSR count). The quantitative estimate of drug-likeness (QED) is 0.466. The third kappa shape index (κ3) is 4.37. The van der Waals surface area contributed by atoms with Gasteiger partial charge in [-0.25, -0.2) is 9.59 Å². The number of nitrogens with zero attached hydrogens (tertiary/aromatic N) is 1. The maximum atomic E-state index is 10.5. The molecule has 1 aromatic carbocycles. The number of carboxylic acid groups (broad SMARTS) is 1. The van der Waals surface area contributed by atoms with Gasteiger partial charge in [0, 0.05) is 22.8 Å². The molecule has 0 fully saturated rings. The van der Waals surface area contributed by atoms with Crippen molar-refractivity contribution in [2.24, 2.45) is 0 Å². The van der Waals surface area contributed by atoms with E-state index in [1.807, 2.05) is 9.97 Å². The molecular formula is C21H24N4O4. The molecule has 1 aliphatic carbocycles. The highest BCUT2D eigenvalue weighted by Crippen LogP contribution is 2.33. The molecule has 0 radical (unpaired) electrons. The van der Waals surface area contributed by atoms with E-state index in [0.29, 0.717) is 0 Å². The lowest BCUT2D eigenvalue weighted by Crippen LogP contribution is -2.24. The maximum absolute atomic E-state index is 10.5. The molecule has 0 amide bonds. The van der Waals surface area contributed by atoms with Crippen LogP contribution in [0.3, 0.4) is 0 Å². The maximum Gasteiger partial charge on any atom is 0.352 e. The number of carbonyl (C=O) groups is 1. The molecule has 5 N–H and O–H groups in total. The van der Waals surface area contributed by atoms with Gasteiger partial charge in [0.15, 0.2) is 0 Å².